The fourth-order valence-electron chi connectivity index (χ4n) is 3.30. The smallest absolute Gasteiger partial charge is 0.123 e. The number of phenols is 1. The third kappa shape index (κ3) is 5.40. The second-order valence-electron chi connectivity index (χ2n) is 7.86. The maximum atomic E-state index is 10.7. The molecule has 0 fully saturated rings. The molecule has 1 aromatic carbocycles. The number of aromatic hydroxyl groups is 1. The Bertz CT molecular complexity index is 664. The van der Waals surface area contributed by atoms with Gasteiger partial charge in [-0.2, -0.15) is 10.5 Å². The molecular formula is C21H30N2O2. The van der Waals surface area contributed by atoms with Crippen LogP contribution in [0.15, 0.2) is 12.1 Å². The second-order valence-corrected chi connectivity index (χ2v) is 7.86. The number of hydrogen-bond donors (Lipinski definition) is 1. The Hall–Kier alpha value is -2.20. The van der Waals surface area contributed by atoms with E-state index in [1.54, 1.807) is 7.11 Å². The average molecular weight is 342 g/mol. The highest BCUT2D eigenvalue weighted by molar-refractivity contribution is 5.51. The van der Waals surface area contributed by atoms with Crippen molar-refractivity contribution < 1.29 is 9.84 Å². The van der Waals surface area contributed by atoms with Crippen LogP contribution < -0.4 is 4.74 Å². The van der Waals surface area contributed by atoms with Gasteiger partial charge in [0.2, 0.25) is 0 Å². The number of ether oxygens (including phenoxy) is 1. The number of unbranched alkanes of at least 4 members (excludes halogenated alkanes) is 2. The van der Waals surface area contributed by atoms with Gasteiger partial charge in [0.1, 0.15) is 11.5 Å². The van der Waals surface area contributed by atoms with Crippen molar-refractivity contribution in [3.05, 3.63) is 23.3 Å². The van der Waals surface area contributed by atoms with Crippen LogP contribution in [-0.4, -0.2) is 12.2 Å². The van der Waals surface area contributed by atoms with E-state index in [-0.39, 0.29) is 16.6 Å². The van der Waals surface area contributed by atoms with E-state index in [0.29, 0.717) is 12.8 Å². The van der Waals surface area contributed by atoms with Gasteiger partial charge in [-0.25, -0.2) is 0 Å². The molecule has 0 aliphatic heterocycles. The Morgan fingerprint density at radius 2 is 1.40 bits per heavy atom. The molecule has 1 aromatic rings. The molecule has 0 radical (unpaired) electrons. The third-order valence-electron chi connectivity index (χ3n) is 4.96. The van der Waals surface area contributed by atoms with Crippen LogP contribution in [0.2, 0.25) is 0 Å². The maximum absolute atomic E-state index is 10.7. The van der Waals surface area contributed by atoms with E-state index in [1.165, 1.54) is 0 Å². The Balaban J connectivity index is 3.20. The monoisotopic (exact) mass is 342 g/mol. The van der Waals surface area contributed by atoms with E-state index in [2.05, 4.69) is 39.8 Å². The van der Waals surface area contributed by atoms with Gasteiger partial charge in [0.15, 0.2) is 0 Å². The van der Waals surface area contributed by atoms with Gasteiger partial charge in [0, 0.05) is 24.0 Å². The summed E-state index contributed by atoms with van der Waals surface area (Å²) in [6.07, 6.45) is 4.33. The highest BCUT2D eigenvalue weighted by Crippen LogP contribution is 2.43. The summed E-state index contributed by atoms with van der Waals surface area (Å²) in [7, 11) is 1.65. The molecule has 0 atom stereocenters. The summed E-state index contributed by atoms with van der Waals surface area (Å²) in [4.78, 5) is 0. The highest BCUT2D eigenvalue weighted by atomic mass is 16.5. The van der Waals surface area contributed by atoms with Crippen LogP contribution in [0.1, 0.15) is 77.3 Å². The fraction of sp³-hybridized carbons (Fsp3) is 0.619. The van der Waals surface area contributed by atoms with Gasteiger partial charge in [-0.05, 0) is 48.6 Å². The molecule has 136 valence electrons. The van der Waals surface area contributed by atoms with Gasteiger partial charge < -0.3 is 9.84 Å². The first-order valence-electron chi connectivity index (χ1n) is 8.85. The Morgan fingerprint density at radius 1 is 0.920 bits per heavy atom. The predicted octanol–water partition coefficient (Wildman–Crippen LogP) is 5.34. The molecule has 0 amide bonds. The number of benzene rings is 1. The lowest BCUT2D eigenvalue weighted by molar-refractivity contribution is 0.369. The lowest BCUT2D eigenvalue weighted by Gasteiger charge is -2.31. The van der Waals surface area contributed by atoms with Gasteiger partial charge in [-0.1, -0.05) is 27.7 Å². The largest absolute Gasteiger partial charge is 0.508 e. The van der Waals surface area contributed by atoms with Gasteiger partial charge in [0.25, 0.3) is 0 Å². The Morgan fingerprint density at radius 3 is 1.84 bits per heavy atom. The first kappa shape index (κ1) is 20.8. The Kier molecular flexibility index (Phi) is 7.31. The molecule has 0 saturated heterocycles. The molecule has 0 unspecified atom stereocenters. The van der Waals surface area contributed by atoms with Gasteiger partial charge in [-0.15, -0.1) is 0 Å². The van der Waals surface area contributed by atoms with E-state index in [1.807, 2.05) is 12.1 Å². The topological polar surface area (TPSA) is 77.0 Å². The molecule has 0 aromatic heterocycles. The van der Waals surface area contributed by atoms with E-state index in [0.717, 1.165) is 42.6 Å². The van der Waals surface area contributed by atoms with E-state index in [9.17, 15) is 5.11 Å². The molecule has 0 saturated carbocycles. The van der Waals surface area contributed by atoms with Crippen molar-refractivity contribution >= 4 is 0 Å². The quantitative estimate of drug-likeness (QED) is 0.614. The normalized spacial score (nSPS) is 11.6. The predicted molar refractivity (Wildman–Crippen MR) is 99.6 cm³/mol. The summed E-state index contributed by atoms with van der Waals surface area (Å²) in [5.74, 6) is 1.04. The maximum Gasteiger partial charge on any atom is 0.123 e. The number of methoxy groups -OCH3 is 1. The lowest BCUT2D eigenvalue weighted by atomic mass is 9.75. The van der Waals surface area contributed by atoms with Gasteiger partial charge >= 0.3 is 0 Å². The van der Waals surface area contributed by atoms with Crippen LogP contribution in [0.3, 0.4) is 0 Å². The van der Waals surface area contributed by atoms with Crippen molar-refractivity contribution in [1.29, 1.82) is 10.5 Å². The van der Waals surface area contributed by atoms with Crippen molar-refractivity contribution in [3.8, 4) is 23.6 Å². The summed E-state index contributed by atoms with van der Waals surface area (Å²) >= 11 is 0. The van der Waals surface area contributed by atoms with Crippen LogP contribution in [0, 0.1) is 22.7 Å². The zero-order valence-corrected chi connectivity index (χ0v) is 16.1. The van der Waals surface area contributed by atoms with Crippen LogP contribution in [0.5, 0.6) is 11.5 Å². The zero-order valence-electron chi connectivity index (χ0n) is 16.1. The molecule has 0 heterocycles. The van der Waals surface area contributed by atoms with Crippen molar-refractivity contribution in [2.24, 2.45) is 0 Å². The fourth-order valence-corrected chi connectivity index (χ4v) is 3.30. The van der Waals surface area contributed by atoms with Crippen molar-refractivity contribution in [2.75, 3.05) is 7.11 Å². The SMILES string of the molecule is COc1cc(C(C)(C)CCCC#N)c(O)cc1C(C)(C)CCCC#N. The standard InChI is InChI=1S/C21H30N2O2/c1-20(2,10-6-8-12-22)16-15-19(25-5)17(14-18(16)24)21(3,4)11-7-9-13-23/h14-15,24H,6-11H2,1-5H3. The summed E-state index contributed by atoms with van der Waals surface area (Å²) in [5.41, 5.74) is 1.38. The van der Waals surface area contributed by atoms with Crippen LogP contribution in [-0.2, 0) is 10.8 Å². The zero-order chi connectivity index (χ0) is 19.1. The molecule has 4 heteroatoms. The van der Waals surface area contributed by atoms with Crippen molar-refractivity contribution in [1.82, 2.24) is 0 Å². The number of rotatable bonds is 9. The van der Waals surface area contributed by atoms with Crippen LogP contribution in [0.4, 0.5) is 0 Å². The second kappa shape index (κ2) is 8.77. The summed E-state index contributed by atoms with van der Waals surface area (Å²) in [5, 5.41) is 28.2. The third-order valence-corrected chi connectivity index (χ3v) is 4.96. The first-order chi connectivity index (χ1) is 11.7. The lowest BCUT2D eigenvalue weighted by Crippen LogP contribution is -2.21. The minimum absolute atomic E-state index is 0.191. The minimum atomic E-state index is -0.238. The average Bonchev–Trinajstić information content (AvgIpc) is 2.54. The summed E-state index contributed by atoms with van der Waals surface area (Å²) < 4.78 is 5.63. The molecule has 0 bridgehead atoms. The molecule has 1 rings (SSSR count). The van der Waals surface area contributed by atoms with E-state index >= 15 is 0 Å². The summed E-state index contributed by atoms with van der Waals surface area (Å²) in [6.45, 7) is 8.38. The van der Waals surface area contributed by atoms with Crippen molar-refractivity contribution in [2.45, 2.75) is 77.0 Å². The van der Waals surface area contributed by atoms with Crippen molar-refractivity contribution in [3.63, 3.8) is 0 Å². The Labute approximate surface area is 152 Å². The molecule has 1 N–H and O–H groups in total. The molecular weight excluding hydrogens is 312 g/mol. The number of hydrogen-bond acceptors (Lipinski definition) is 4. The molecule has 4 nitrogen and oxygen atoms in total. The van der Waals surface area contributed by atoms with E-state index < -0.39 is 0 Å². The van der Waals surface area contributed by atoms with Gasteiger partial charge in [-0.3, -0.25) is 0 Å². The van der Waals surface area contributed by atoms with Crippen LogP contribution >= 0.6 is 0 Å². The summed E-state index contributed by atoms with van der Waals surface area (Å²) in [6, 6.07) is 8.10. The first-order valence-corrected chi connectivity index (χ1v) is 8.85. The molecule has 0 aliphatic rings. The van der Waals surface area contributed by atoms with E-state index in [4.69, 9.17) is 15.3 Å². The number of nitrogens with zero attached hydrogens (tertiary/aromatic N) is 2. The number of nitriles is 2. The molecule has 0 aliphatic carbocycles. The highest BCUT2D eigenvalue weighted by Gasteiger charge is 2.30. The van der Waals surface area contributed by atoms with Crippen LogP contribution in [0.25, 0.3) is 0 Å². The number of phenolic OH excluding ortho intramolecular Hbond substituents is 1. The molecule has 25 heavy (non-hydrogen) atoms. The molecule has 0 spiro atoms. The van der Waals surface area contributed by atoms with Gasteiger partial charge in [0.05, 0.1) is 19.2 Å². The minimum Gasteiger partial charge on any atom is -0.508 e.